The van der Waals surface area contributed by atoms with E-state index in [2.05, 4.69) is 9.84 Å². The molecule has 25 heavy (non-hydrogen) atoms. The minimum absolute atomic E-state index is 0.0105. The molecule has 136 valence electrons. The van der Waals surface area contributed by atoms with Gasteiger partial charge in [0.2, 0.25) is 0 Å². The first-order chi connectivity index (χ1) is 11.7. The predicted molar refractivity (Wildman–Crippen MR) is 87.5 cm³/mol. The molecular weight excluding hydrogens is 381 g/mol. The molecule has 0 N–H and O–H groups in total. The first-order valence-electron chi connectivity index (χ1n) is 7.01. The van der Waals surface area contributed by atoms with E-state index in [4.69, 9.17) is 16.3 Å². The maximum absolute atomic E-state index is 13.1. The molecular formula is C15H14ClF3N2O3S. The van der Waals surface area contributed by atoms with Crippen molar-refractivity contribution < 1.29 is 27.4 Å². The van der Waals surface area contributed by atoms with Crippen LogP contribution in [0.5, 0.6) is 11.6 Å². The SMILES string of the molecule is CCOC(=O)c1cc(Oc2nn(C)c(SC)c2Cl)ccc1C(F)(F)F. The van der Waals surface area contributed by atoms with Crippen molar-refractivity contribution in [3.63, 3.8) is 0 Å². The topological polar surface area (TPSA) is 53.4 Å². The molecule has 0 amide bonds. The van der Waals surface area contributed by atoms with E-state index in [0.29, 0.717) is 5.03 Å². The number of alkyl halides is 3. The van der Waals surface area contributed by atoms with Crippen LogP contribution < -0.4 is 4.74 Å². The third kappa shape index (κ3) is 4.21. The lowest BCUT2D eigenvalue weighted by atomic mass is 10.1. The number of carbonyl (C=O) groups is 1. The average Bonchev–Trinajstić information content (AvgIpc) is 2.80. The second-order valence-electron chi connectivity index (χ2n) is 4.78. The molecule has 0 spiro atoms. The summed E-state index contributed by atoms with van der Waals surface area (Å²) < 4.78 is 50.9. The fraction of sp³-hybridized carbons (Fsp3) is 0.333. The van der Waals surface area contributed by atoms with Crippen molar-refractivity contribution in [3.05, 3.63) is 34.3 Å². The van der Waals surface area contributed by atoms with Crippen LogP contribution in [0.2, 0.25) is 5.02 Å². The van der Waals surface area contributed by atoms with Gasteiger partial charge in [-0.1, -0.05) is 11.6 Å². The normalized spacial score (nSPS) is 11.5. The Morgan fingerprint density at radius 1 is 1.40 bits per heavy atom. The van der Waals surface area contributed by atoms with Crippen LogP contribution in [0.15, 0.2) is 23.2 Å². The minimum atomic E-state index is -4.70. The number of thioether (sulfide) groups is 1. The highest BCUT2D eigenvalue weighted by molar-refractivity contribution is 7.98. The van der Waals surface area contributed by atoms with E-state index in [0.717, 1.165) is 18.2 Å². The zero-order chi connectivity index (χ0) is 18.8. The van der Waals surface area contributed by atoms with Gasteiger partial charge in [0.05, 0.1) is 17.7 Å². The largest absolute Gasteiger partial charge is 0.462 e. The summed E-state index contributed by atoms with van der Waals surface area (Å²) in [6.07, 6.45) is -2.90. The molecule has 1 aromatic heterocycles. The predicted octanol–water partition coefficient (Wildman–Crippen LogP) is 4.78. The van der Waals surface area contributed by atoms with Crippen molar-refractivity contribution in [3.8, 4) is 11.6 Å². The molecule has 0 atom stereocenters. The zero-order valence-electron chi connectivity index (χ0n) is 13.5. The number of hydrogen-bond donors (Lipinski definition) is 0. The average molecular weight is 395 g/mol. The van der Waals surface area contributed by atoms with Gasteiger partial charge in [0.15, 0.2) is 0 Å². The summed E-state index contributed by atoms with van der Waals surface area (Å²) in [5.74, 6) is -1.07. The standard InChI is InChI=1S/C15H14ClF3N2O3S/c1-4-23-14(22)9-7-8(5-6-10(9)15(17,18)19)24-12-11(16)13(25-3)21(2)20-12/h5-7H,4H2,1-3H3. The first kappa shape index (κ1) is 19.5. The van der Waals surface area contributed by atoms with Crippen molar-refractivity contribution in [2.75, 3.05) is 12.9 Å². The first-order valence-corrected chi connectivity index (χ1v) is 8.62. The molecule has 0 fully saturated rings. The lowest BCUT2D eigenvalue weighted by Crippen LogP contribution is -2.15. The van der Waals surface area contributed by atoms with E-state index in [1.807, 2.05) is 0 Å². The summed E-state index contributed by atoms with van der Waals surface area (Å²) in [5.41, 5.74) is -1.74. The van der Waals surface area contributed by atoms with Crippen molar-refractivity contribution in [2.24, 2.45) is 7.05 Å². The smallest absolute Gasteiger partial charge is 0.417 e. The van der Waals surface area contributed by atoms with E-state index in [9.17, 15) is 18.0 Å². The Balaban J connectivity index is 2.43. The number of ether oxygens (including phenoxy) is 2. The fourth-order valence-corrected chi connectivity index (χ4v) is 3.07. The molecule has 10 heteroatoms. The summed E-state index contributed by atoms with van der Waals surface area (Å²) in [6.45, 7) is 1.45. The van der Waals surface area contributed by atoms with E-state index >= 15 is 0 Å². The van der Waals surface area contributed by atoms with Gasteiger partial charge in [-0.05, 0) is 31.4 Å². The van der Waals surface area contributed by atoms with Crippen LogP contribution in [0.1, 0.15) is 22.8 Å². The molecule has 0 aliphatic heterocycles. The number of benzene rings is 1. The van der Waals surface area contributed by atoms with Crippen LogP contribution in [0, 0.1) is 0 Å². The van der Waals surface area contributed by atoms with Crippen LogP contribution in [0.25, 0.3) is 0 Å². The zero-order valence-corrected chi connectivity index (χ0v) is 15.1. The number of hydrogen-bond acceptors (Lipinski definition) is 5. The van der Waals surface area contributed by atoms with Gasteiger partial charge in [0.25, 0.3) is 5.88 Å². The Morgan fingerprint density at radius 2 is 2.08 bits per heavy atom. The van der Waals surface area contributed by atoms with Crippen molar-refractivity contribution in [1.82, 2.24) is 9.78 Å². The summed E-state index contributed by atoms with van der Waals surface area (Å²) in [5, 5.41) is 4.92. The highest BCUT2D eigenvalue weighted by atomic mass is 35.5. The molecule has 0 aliphatic rings. The van der Waals surface area contributed by atoms with Gasteiger partial charge in [-0.15, -0.1) is 16.9 Å². The maximum Gasteiger partial charge on any atom is 0.417 e. The Labute approximate surface area is 151 Å². The molecule has 0 unspecified atom stereocenters. The Hall–Kier alpha value is -1.87. The van der Waals surface area contributed by atoms with Gasteiger partial charge in [-0.3, -0.25) is 4.68 Å². The third-order valence-electron chi connectivity index (χ3n) is 3.11. The minimum Gasteiger partial charge on any atom is -0.462 e. The maximum atomic E-state index is 13.1. The Kier molecular flexibility index (Phi) is 5.89. The highest BCUT2D eigenvalue weighted by Crippen LogP contribution is 2.38. The Morgan fingerprint density at radius 3 is 2.60 bits per heavy atom. The van der Waals surface area contributed by atoms with Gasteiger partial charge in [0.1, 0.15) is 15.8 Å². The van der Waals surface area contributed by atoms with Gasteiger partial charge in [0, 0.05) is 7.05 Å². The van der Waals surface area contributed by atoms with E-state index < -0.39 is 23.3 Å². The van der Waals surface area contributed by atoms with Crippen molar-refractivity contribution >= 4 is 29.3 Å². The number of esters is 1. The Bertz CT molecular complexity index is 793. The molecule has 1 heterocycles. The monoisotopic (exact) mass is 394 g/mol. The summed E-state index contributed by atoms with van der Waals surface area (Å²) in [7, 11) is 1.65. The van der Waals surface area contributed by atoms with Gasteiger partial charge >= 0.3 is 12.1 Å². The molecule has 2 rings (SSSR count). The number of aromatic nitrogens is 2. The van der Waals surface area contributed by atoms with Crippen LogP contribution in [-0.4, -0.2) is 28.6 Å². The number of aryl methyl sites for hydroxylation is 1. The lowest BCUT2D eigenvalue weighted by Gasteiger charge is -2.13. The third-order valence-corrected chi connectivity index (χ3v) is 4.42. The van der Waals surface area contributed by atoms with Gasteiger partial charge in [-0.25, -0.2) is 4.79 Å². The summed E-state index contributed by atoms with van der Waals surface area (Å²) >= 11 is 7.47. The van der Waals surface area contributed by atoms with Crippen LogP contribution >= 0.6 is 23.4 Å². The van der Waals surface area contributed by atoms with Crippen molar-refractivity contribution in [2.45, 2.75) is 18.1 Å². The molecule has 0 aliphatic carbocycles. The van der Waals surface area contributed by atoms with E-state index in [-0.39, 0.29) is 23.3 Å². The second-order valence-corrected chi connectivity index (χ2v) is 5.95. The molecule has 0 radical (unpaired) electrons. The quantitative estimate of drug-likeness (QED) is 0.539. The molecule has 0 saturated carbocycles. The molecule has 1 aromatic carbocycles. The van der Waals surface area contributed by atoms with Gasteiger partial charge < -0.3 is 9.47 Å². The summed E-state index contributed by atoms with van der Waals surface area (Å²) in [4.78, 5) is 11.9. The molecule has 0 bridgehead atoms. The van der Waals surface area contributed by atoms with Gasteiger partial charge in [-0.2, -0.15) is 13.2 Å². The number of rotatable bonds is 5. The number of halogens is 4. The molecule has 5 nitrogen and oxygen atoms in total. The van der Waals surface area contributed by atoms with Crippen molar-refractivity contribution in [1.29, 1.82) is 0 Å². The van der Waals surface area contributed by atoms with Crippen LogP contribution in [0.3, 0.4) is 0 Å². The fourth-order valence-electron chi connectivity index (χ4n) is 2.07. The van der Waals surface area contributed by atoms with Crippen LogP contribution in [-0.2, 0) is 18.0 Å². The number of nitrogens with zero attached hydrogens (tertiary/aromatic N) is 2. The second kappa shape index (κ2) is 7.57. The van der Waals surface area contributed by atoms with E-state index in [1.165, 1.54) is 23.4 Å². The van der Waals surface area contributed by atoms with Crippen LogP contribution in [0.4, 0.5) is 13.2 Å². The van der Waals surface area contributed by atoms with E-state index in [1.54, 1.807) is 13.3 Å². The lowest BCUT2D eigenvalue weighted by molar-refractivity contribution is -0.138. The molecule has 0 saturated heterocycles. The number of carbonyl (C=O) groups excluding carboxylic acids is 1. The summed E-state index contributed by atoms with van der Waals surface area (Å²) in [6, 6.07) is 2.81. The molecule has 2 aromatic rings. The highest BCUT2D eigenvalue weighted by Gasteiger charge is 2.36.